The summed E-state index contributed by atoms with van der Waals surface area (Å²) in [7, 11) is 0. The quantitative estimate of drug-likeness (QED) is 0.736. The van der Waals surface area contributed by atoms with Crippen molar-refractivity contribution >= 4 is 17.4 Å². The Morgan fingerprint density at radius 2 is 1.95 bits per heavy atom. The van der Waals surface area contributed by atoms with E-state index in [1.807, 2.05) is 24.3 Å². The molecule has 0 unspecified atom stereocenters. The molecule has 0 radical (unpaired) electrons. The van der Waals surface area contributed by atoms with Gasteiger partial charge in [0.2, 0.25) is 0 Å². The van der Waals surface area contributed by atoms with Crippen LogP contribution in [-0.4, -0.2) is 10.2 Å². The molecular formula is C16H13ClFN3. The first kappa shape index (κ1) is 13.6. The number of nitrogens with two attached hydrogens (primary N) is 1. The highest BCUT2D eigenvalue weighted by Crippen LogP contribution is 2.38. The molecule has 106 valence electrons. The van der Waals surface area contributed by atoms with Gasteiger partial charge in [-0.2, -0.15) is 5.10 Å². The Labute approximate surface area is 126 Å². The molecule has 3 N–H and O–H groups in total. The summed E-state index contributed by atoms with van der Waals surface area (Å²) < 4.78 is 13.8. The van der Waals surface area contributed by atoms with Crippen LogP contribution in [0.2, 0.25) is 5.02 Å². The van der Waals surface area contributed by atoms with Crippen molar-refractivity contribution in [3.63, 3.8) is 0 Å². The zero-order valence-corrected chi connectivity index (χ0v) is 12.1. The van der Waals surface area contributed by atoms with Crippen LogP contribution in [0.15, 0.2) is 42.5 Å². The molecule has 0 aliphatic rings. The van der Waals surface area contributed by atoms with Gasteiger partial charge in [0, 0.05) is 16.1 Å². The van der Waals surface area contributed by atoms with E-state index in [9.17, 15) is 4.39 Å². The normalized spacial score (nSPS) is 10.8. The second-order valence-corrected chi connectivity index (χ2v) is 5.21. The number of hydrogen-bond donors (Lipinski definition) is 2. The zero-order valence-electron chi connectivity index (χ0n) is 11.3. The van der Waals surface area contributed by atoms with Crippen molar-refractivity contribution in [2.45, 2.75) is 6.92 Å². The number of halogens is 2. The summed E-state index contributed by atoms with van der Waals surface area (Å²) in [6.45, 7) is 1.72. The Bertz CT molecular complexity index is 811. The smallest absolute Gasteiger partial charge is 0.153 e. The van der Waals surface area contributed by atoms with E-state index in [4.69, 9.17) is 17.3 Å². The Morgan fingerprint density at radius 3 is 2.67 bits per heavy atom. The van der Waals surface area contributed by atoms with E-state index in [1.165, 1.54) is 6.07 Å². The summed E-state index contributed by atoms with van der Waals surface area (Å²) in [5, 5.41) is 7.47. The number of nitrogens with one attached hydrogen (secondary N) is 1. The number of aromatic amines is 1. The van der Waals surface area contributed by atoms with E-state index in [2.05, 4.69) is 10.2 Å². The van der Waals surface area contributed by atoms with Crippen molar-refractivity contribution in [2.24, 2.45) is 0 Å². The van der Waals surface area contributed by atoms with Gasteiger partial charge in [-0.3, -0.25) is 5.10 Å². The van der Waals surface area contributed by atoms with Crippen LogP contribution < -0.4 is 5.73 Å². The van der Waals surface area contributed by atoms with Crippen molar-refractivity contribution in [1.82, 2.24) is 10.2 Å². The highest BCUT2D eigenvalue weighted by atomic mass is 35.5. The van der Waals surface area contributed by atoms with Crippen LogP contribution in [0.5, 0.6) is 0 Å². The highest BCUT2D eigenvalue weighted by Gasteiger charge is 2.17. The lowest BCUT2D eigenvalue weighted by Crippen LogP contribution is -1.90. The molecule has 1 heterocycles. The van der Waals surface area contributed by atoms with Crippen molar-refractivity contribution in [2.75, 3.05) is 5.73 Å². The molecule has 0 aliphatic heterocycles. The lowest BCUT2D eigenvalue weighted by atomic mass is 10.00. The van der Waals surface area contributed by atoms with Gasteiger partial charge < -0.3 is 5.73 Å². The average Bonchev–Trinajstić information content (AvgIpc) is 2.84. The molecule has 3 aromatic rings. The molecule has 5 heteroatoms. The van der Waals surface area contributed by atoms with Crippen LogP contribution in [0.25, 0.3) is 22.4 Å². The third-order valence-electron chi connectivity index (χ3n) is 3.40. The van der Waals surface area contributed by atoms with Crippen LogP contribution in [0.1, 0.15) is 5.56 Å². The zero-order chi connectivity index (χ0) is 15.0. The maximum absolute atomic E-state index is 13.8. The first-order chi connectivity index (χ1) is 10.1. The molecule has 0 spiro atoms. The van der Waals surface area contributed by atoms with Crippen LogP contribution in [0.3, 0.4) is 0 Å². The molecule has 0 bridgehead atoms. The lowest BCUT2D eigenvalue weighted by Gasteiger charge is -2.07. The molecule has 0 atom stereocenters. The summed E-state index contributed by atoms with van der Waals surface area (Å²) in [6, 6.07) is 12.4. The van der Waals surface area contributed by atoms with E-state index >= 15 is 0 Å². The number of benzene rings is 2. The third-order valence-corrected chi connectivity index (χ3v) is 3.73. The van der Waals surface area contributed by atoms with Gasteiger partial charge in [-0.05, 0) is 24.6 Å². The largest absolute Gasteiger partial charge is 0.382 e. The van der Waals surface area contributed by atoms with Gasteiger partial charge >= 0.3 is 0 Å². The number of H-pyrrole nitrogens is 1. The van der Waals surface area contributed by atoms with E-state index in [-0.39, 0.29) is 5.82 Å². The minimum atomic E-state index is -0.272. The molecule has 0 aliphatic carbocycles. The Kier molecular flexibility index (Phi) is 3.39. The van der Waals surface area contributed by atoms with Crippen molar-refractivity contribution in [3.05, 3.63) is 58.9 Å². The van der Waals surface area contributed by atoms with Gasteiger partial charge in [0.25, 0.3) is 0 Å². The molecule has 0 saturated carbocycles. The van der Waals surface area contributed by atoms with Crippen LogP contribution >= 0.6 is 11.6 Å². The van der Waals surface area contributed by atoms with Gasteiger partial charge in [0.05, 0.1) is 11.3 Å². The SMILES string of the molecule is Cc1ccc(-c2[nH]nc(N)c2-c2ccccc2Cl)cc1F. The predicted molar refractivity (Wildman–Crippen MR) is 83.6 cm³/mol. The topological polar surface area (TPSA) is 54.7 Å². The summed E-state index contributed by atoms with van der Waals surface area (Å²) in [5.41, 5.74) is 9.32. The number of hydrogen-bond acceptors (Lipinski definition) is 2. The van der Waals surface area contributed by atoms with Gasteiger partial charge in [-0.15, -0.1) is 0 Å². The number of nitrogens with zero attached hydrogens (tertiary/aromatic N) is 1. The molecule has 0 fully saturated rings. The van der Waals surface area contributed by atoms with Crippen LogP contribution in [0, 0.1) is 12.7 Å². The molecule has 21 heavy (non-hydrogen) atoms. The molecule has 0 saturated heterocycles. The van der Waals surface area contributed by atoms with E-state index in [0.717, 1.165) is 5.56 Å². The van der Waals surface area contributed by atoms with Gasteiger partial charge in [-0.25, -0.2) is 4.39 Å². The summed E-state index contributed by atoms with van der Waals surface area (Å²) in [5.74, 6) is 0.0601. The fourth-order valence-electron chi connectivity index (χ4n) is 2.25. The summed E-state index contributed by atoms with van der Waals surface area (Å²) in [4.78, 5) is 0. The Hall–Kier alpha value is -2.33. The number of aromatic nitrogens is 2. The number of aryl methyl sites for hydroxylation is 1. The van der Waals surface area contributed by atoms with E-state index in [0.29, 0.717) is 33.2 Å². The molecule has 1 aromatic heterocycles. The minimum Gasteiger partial charge on any atom is -0.382 e. The average molecular weight is 302 g/mol. The summed E-state index contributed by atoms with van der Waals surface area (Å²) >= 11 is 6.23. The molecular weight excluding hydrogens is 289 g/mol. The lowest BCUT2D eigenvalue weighted by molar-refractivity contribution is 0.619. The van der Waals surface area contributed by atoms with E-state index < -0.39 is 0 Å². The van der Waals surface area contributed by atoms with Gasteiger partial charge in [0.15, 0.2) is 5.82 Å². The van der Waals surface area contributed by atoms with E-state index in [1.54, 1.807) is 19.1 Å². The van der Waals surface area contributed by atoms with Gasteiger partial charge in [-0.1, -0.05) is 41.9 Å². The number of nitrogen functional groups attached to an aromatic ring is 1. The first-order valence-electron chi connectivity index (χ1n) is 6.43. The van der Waals surface area contributed by atoms with Crippen LogP contribution in [0.4, 0.5) is 10.2 Å². The Balaban J connectivity index is 2.22. The third kappa shape index (κ3) is 2.38. The van der Waals surface area contributed by atoms with Crippen molar-refractivity contribution in [3.8, 4) is 22.4 Å². The second-order valence-electron chi connectivity index (χ2n) is 4.80. The molecule has 3 nitrogen and oxygen atoms in total. The fourth-order valence-corrected chi connectivity index (χ4v) is 2.48. The summed E-state index contributed by atoms with van der Waals surface area (Å²) in [6.07, 6.45) is 0. The molecule has 3 rings (SSSR count). The van der Waals surface area contributed by atoms with Crippen LogP contribution in [-0.2, 0) is 0 Å². The Morgan fingerprint density at radius 1 is 1.19 bits per heavy atom. The van der Waals surface area contributed by atoms with Crippen molar-refractivity contribution < 1.29 is 4.39 Å². The maximum Gasteiger partial charge on any atom is 0.153 e. The maximum atomic E-state index is 13.8. The first-order valence-corrected chi connectivity index (χ1v) is 6.81. The fraction of sp³-hybridized carbons (Fsp3) is 0.0625. The predicted octanol–water partition coefficient (Wildman–Crippen LogP) is 4.43. The van der Waals surface area contributed by atoms with Gasteiger partial charge in [0.1, 0.15) is 5.82 Å². The highest BCUT2D eigenvalue weighted by molar-refractivity contribution is 6.33. The number of anilines is 1. The number of rotatable bonds is 2. The molecule has 2 aromatic carbocycles. The van der Waals surface area contributed by atoms with Crippen molar-refractivity contribution in [1.29, 1.82) is 0 Å². The molecule has 0 amide bonds. The monoisotopic (exact) mass is 301 g/mol. The standard InChI is InChI=1S/C16H13ClFN3/c1-9-6-7-10(8-13(9)18)15-14(16(19)21-20-15)11-4-2-3-5-12(11)17/h2-8H,1H3,(H3,19,20,21). The second kappa shape index (κ2) is 5.22. The minimum absolute atomic E-state index is 0.272.